The minimum Gasteiger partial charge on any atom is -0.508 e. The zero-order chi connectivity index (χ0) is 25.4. The van der Waals surface area contributed by atoms with Crippen LogP contribution in [0.1, 0.15) is 23.6 Å². The Labute approximate surface area is 181 Å². The number of nitro groups is 2. The summed E-state index contributed by atoms with van der Waals surface area (Å²) in [6.07, 6.45) is -10.3. The van der Waals surface area contributed by atoms with Crippen LogP contribution < -0.4 is 0 Å². The maximum atomic E-state index is 12.7. The summed E-state index contributed by atoms with van der Waals surface area (Å²) in [6.45, 7) is 0.274. The first-order valence-electron chi connectivity index (χ1n) is 8.67. The molecule has 0 heterocycles. The van der Waals surface area contributed by atoms with E-state index >= 15 is 0 Å². The van der Waals surface area contributed by atoms with Crippen LogP contribution in [0.2, 0.25) is 0 Å². The predicted octanol–water partition coefficient (Wildman–Crippen LogP) is 5.14. The number of ether oxygens (including phenoxy) is 2. The maximum Gasteiger partial charge on any atom is 0.423 e. The number of rotatable bonds is 7. The molecule has 0 aromatic heterocycles. The largest absolute Gasteiger partial charge is 0.508 e. The highest BCUT2D eigenvalue weighted by molar-refractivity contribution is 5.46. The maximum absolute atomic E-state index is 12.7. The first-order chi connectivity index (χ1) is 15.1. The van der Waals surface area contributed by atoms with Crippen molar-refractivity contribution in [3.05, 3.63) is 79.4 Å². The number of phenols is 1. The first-order valence-corrected chi connectivity index (χ1v) is 8.67. The van der Waals surface area contributed by atoms with E-state index in [1.165, 1.54) is 25.1 Å². The zero-order valence-electron chi connectivity index (χ0n) is 16.6. The van der Waals surface area contributed by atoms with Crippen LogP contribution in [0.25, 0.3) is 0 Å². The summed E-state index contributed by atoms with van der Waals surface area (Å²) < 4.78 is 84.1. The van der Waals surface area contributed by atoms with Gasteiger partial charge in [0.25, 0.3) is 5.69 Å². The highest BCUT2D eigenvalue weighted by Crippen LogP contribution is 2.37. The van der Waals surface area contributed by atoms with Crippen LogP contribution in [0.4, 0.5) is 32.0 Å². The van der Waals surface area contributed by atoms with Crippen molar-refractivity contribution in [3.63, 3.8) is 0 Å². The molecule has 0 spiro atoms. The van der Waals surface area contributed by atoms with Crippen molar-refractivity contribution < 1.29 is 50.8 Å². The Kier molecular flexibility index (Phi) is 9.54. The second-order valence-electron chi connectivity index (χ2n) is 6.12. The van der Waals surface area contributed by atoms with E-state index in [0.717, 1.165) is 12.1 Å². The number of nitro benzene ring substituents is 1. The lowest BCUT2D eigenvalue weighted by molar-refractivity contribution is -0.536. The van der Waals surface area contributed by atoms with Gasteiger partial charge in [-0.3, -0.25) is 25.0 Å². The number of alkyl halides is 6. The Hall–Kier alpha value is -3.46. The first kappa shape index (κ1) is 27.6. The SMILES string of the molecule is CC(OCc1ccccc1C(F)(F)F)OC[N+](=O)[O-].O=[N+]([O-])c1ccc(O)cc1C(F)(F)F. The molecule has 9 nitrogen and oxygen atoms in total. The Morgan fingerprint density at radius 2 is 1.52 bits per heavy atom. The van der Waals surface area contributed by atoms with E-state index < -0.39 is 57.8 Å². The Bertz CT molecular complexity index is 966. The molecule has 0 aliphatic carbocycles. The lowest BCUT2D eigenvalue weighted by Gasteiger charge is -2.15. The molecular formula is C18H16F6N2O7. The summed E-state index contributed by atoms with van der Waals surface area (Å²) in [4.78, 5) is 18.4. The second kappa shape index (κ2) is 11.4. The van der Waals surface area contributed by atoms with Gasteiger partial charge in [0, 0.05) is 11.0 Å². The summed E-state index contributed by atoms with van der Waals surface area (Å²) in [5, 5.41) is 29.0. The number of phenolic OH excluding ortho intramolecular Hbond substituents is 1. The fraction of sp³-hybridized carbons (Fsp3) is 0.333. The summed E-state index contributed by atoms with van der Waals surface area (Å²) in [6, 6.07) is 6.71. The molecule has 2 aromatic rings. The molecule has 1 unspecified atom stereocenters. The minimum absolute atomic E-state index is 0.0495. The summed E-state index contributed by atoms with van der Waals surface area (Å²) >= 11 is 0. The predicted molar refractivity (Wildman–Crippen MR) is 98.4 cm³/mol. The van der Waals surface area contributed by atoms with Crippen molar-refractivity contribution in [1.82, 2.24) is 0 Å². The van der Waals surface area contributed by atoms with Crippen LogP contribution in [-0.4, -0.2) is 28.0 Å². The normalized spacial score (nSPS) is 12.5. The fourth-order valence-electron chi connectivity index (χ4n) is 2.25. The smallest absolute Gasteiger partial charge is 0.423 e. The van der Waals surface area contributed by atoms with Gasteiger partial charge in [-0.05, 0) is 30.7 Å². The molecular weight excluding hydrogens is 470 g/mol. The van der Waals surface area contributed by atoms with Crippen LogP contribution in [0.5, 0.6) is 5.75 Å². The third kappa shape index (κ3) is 9.28. The van der Waals surface area contributed by atoms with Gasteiger partial charge in [0.05, 0.1) is 17.1 Å². The van der Waals surface area contributed by atoms with Crippen LogP contribution in [0.3, 0.4) is 0 Å². The number of aromatic hydroxyl groups is 1. The van der Waals surface area contributed by atoms with E-state index in [1.807, 2.05) is 0 Å². The van der Waals surface area contributed by atoms with Crippen LogP contribution >= 0.6 is 0 Å². The Balaban J connectivity index is 0.000000346. The monoisotopic (exact) mass is 486 g/mol. The molecule has 2 aromatic carbocycles. The van der Waals surface area contributed by atoms with Crippen molar-refractivity contribution in [3.8, 4) is 5.75 Å². The molecule has 1 N–H and O–H groups in total. The molecule has 0 bridgehead atoms. The lowest BCUT2D eigenvalue weighted by atomic mass is 10.1. The van der Waals surface area contributed by atoms with Crippen molar-refractivity contribution in [1.29, 1.82) is 0 Å². The molecule has 1 atom stereocenters. The fourth-order valence-corrected chi connectivity index (χ4v) is 2.25. The third-order valence-electron chi connectivity index (χ3n) is 3.69. The molecule has 0 radical (unpaired) electrons. The third-order valence-corrected chi connectivity index (χ3v) is 3.69. The van der Waals surface area contributed by atoms with Crippen LogP contribution in [0, 0.1) is 20.2 Å². The summed E-state index contributed by atoms with van der Waals surface area (Å²) in [5.74, 6) is -0.664. The van der Waals surface area contributed by atoms with E-state index in [0.29, 0.717) is 12.1 Å². The number of benzene rings is 2. The van der Waals surface area contributed by atoms with Crippen molar-refractivity contribution >= 4 is 5.69 Å². The molecule has 33 heavy (non-hydrogen) atoms. The van der Waals surface area contributed by atoms with Gasteiger partial charge in [-0.2, -0.15) is 26.3 Å². The highest BCUT2D eigenvalue weighted by Gasteiger charge is 2.38. The van der Waals surface area contributed by atoms with Gasteiger partial charge in [0.15, 0.2) is 6.29 Å². The lowest BCUT2D eigenvalue weighted by Crippen LogP contribution is -2.18. The van der Waals surface area contributed by atoms with E-state index in [9.17, 15) is 46.6 Å². The molecule has 0 aliphatic heterocycles. The average Bonchev–Trinajstić information content (AvgIpc) is 2.69. The second-order valence-corrected chi connectivity index (χ2v) is 6.12. The van der Waals surface area contributed by atoms with Gasteiger partial charge in [0.2, 0.25) is 0 Å². The molecule has 0 amide bonds. The molecule has 0 saturated heterocycles. The standard InChI is InChI=1S/C11H12F3NO4.C7H4F3NO3/c1-8(19-7-15(16)17)18-6-9-4-2-3-5-10(9)11(12,13)14;8-7(9,10)5-3-4(12)1-2-6(5)11(13)14/h2-5,8H,6-7H2,1H3;1-3,12H. The average molecular weight is 486 g/mol. The van der Waals surface area contributed by atoms with E-state index in [-0.39, 0.29) is 12.2 Å². The van der Waals surface area contributed by atoms with Gasteiger partial charge in [-0.15, -0.1) is 0 Å². The zero-order valence-corrected chi connectivity index (χ0v) is 16.6. The summed E-state index contributed by atoms with van der Waals surface area (Å²) in [7, 11) is 0. The van der Waals surface area contributed by atoms with Crippen molar-refractivity contribution in [2.24, 2.45) is 0 Å². The van der Waals surface area contributed by atoms with Gasteiger partial charge < -0.3 is 9.84 Å². The van der Waals surface area contributed by atoms with Gasteiger partial charge in [-0.1, -0.05) is 18.2 Å². The molecule has 0 fully saturated rings. The van der Waals surface area contributed by atoms with Gasteiger partial charge in [0.1, 0.15) is 11.3 Å². The van der Waals surface area contributed by atoms with Crippen molar-refractivity contribution in [2.45, 2.75) is 32.2 Å². The molecule has 0 saturated carbocycles. The van der Waals surface area contributed by atoms with Crippen LogP contribution in [0.15, 0.2) is 42.5 Å². The Morgan fingerprint density at radius 1 is 0.939 bits per heavy atom. The van der Waals surface area contributed by atoms with Gasteiger partial charge in [-0.25, -0.2) is 0 Å². The van der Waals surface area contributed by atoms with Crippen molar-refractivity contribution in [2.75, 3.05) is 6.73 Å². The van der Waals surface area contributed by atoms with E-state index in [1.54, 1.807) is 0 Å². The van der Waals surface area contributed by atoms with Crippen LogP contribution in [-0.2, 0) is 28.4 Å². The van der Waals surface area contributed by atoms with E-state index in [4.69, 9.17) is 9.84 Å². The quantitative estimate of drug-likeness (QED) is 0.249. The van der Waals surface area contributed by atoms with E-state index in [2.05, 4.69) is 4.74 Å². The number of nitrogens with zero attached hydrogens (tertiary/aromatic N) is 2. The van der Waals surface area contributed by atoms with Gasteiger partial charge >= 0.3 is 19.1 Å². The number of hydrogen-bond donors (Lipinski definition) is 1. The molecule has 2 rings (SSSR count). The molecule has 15 heteroatoms. The molecule has 182 valence electrons. The number of halogens is 6. The Morgan fingerprint density at radius 3 is 2.03 bits per heavy atom. The summed E-state index contributed by atoms with van der Waals surface area (Å²) in [5.41, 5.74) is -3.37. The topological polar surface area (TPSA) is 125 Å². The number of hydrogen-bond acceptors (Lipinski definition) is 7. The highest BCUT2D eigenvalue weighted by atomic mass is 19.4. The minimum atomic E-state index is -4.85. The molecule has 0 aliphatic rings.